The van der Waals surface area contributed by atoms with E-state index in [9.17, 15) is 8.42 Å². The van der Waals surface area contributed by atoms with Crippen LogP contribution in [0.2, 0.25) is 0 Å². The van der Waals surface area contributed by atoms with Crippen LogP contribution in [0.25, 0.3) is 0 Å². The van der Waals surface area contributed by atoms with E-state index in [0.717, 1.165) is 0 Å². The lowest BCUT2D eigenvalue weighted by Gasteiger charge is -2.36. The van der Waals surface area contributed by atoms with Gasteiger partial charge >= 0.3 is 0 Å². The predicted octanol–water partition coefficient (Wildman–Crippen LogP) is 1.79. The van der Waals surface area contributed by atoms with Gasteiger partial charge in [-0.05, 0) is 39.8 Å². The third kappa shape index (κ3) is 3.77. The number of ether oxygens (including phenoxy) is 5. The van der Waals surface area contributed by atoms with Gasteiger partial charge in [-0.1, -0.05) is 18.2 Å². The molecule has 27 heavy (non-hydrogen) atoms. The highest BCUT2D eigenvalue weighted by molar-refractivity contribution is 7.86. The Hall–Kier alpha value is -1.07. The van der Waals surface area contributed by atoms with E-state index in [-0.39, 0.29) is 11.5 Å². The minimum absolute atomic E-state index is 0.0840. The SMILES string of the molecule is CC1(C)O[C@@H]2O[C@@H](COS(=O)(=O)c3ccccc3)[C@H]3OC(C)(C)O[C@H]3[C@@H]2O1. The molecule has 9 heteroatoms. The molecule has 3 saturated heterocycles. The largest absolute Gasteiger partial charge is 0.342 e. The molecule has 1 aromatic rings. The van der Waals surface area contributed by atoms with E-state index in [0.29, 0.717) is 0 Å². The molecule has 3 aliphatic heterocycles. The van der Waals surface area contributed by atoms with Crippen molar-refractivity contribution < 1.29 is 36.3 Å². The number of fused-ring (bicyclic) bond motifs is 3. The van der Waals surface area contributed by atoms with E-state index in [1.165, 1.54) is 12.1 Å². The van der Waals surface area contributed by atoms with Gasteiger partial charge in [-0.3, -0.25) is 4.18 Å². The van der Waals surface area contributed by atoms with Crippen molar-refractivity contribution in [3.05, 3.63) is 30.3 Å². The van der Waals surface area contributed by atoms with Crippen LogP contribution < -0.4 is 0 Å². The Bertz CT molecular complexity index is 791. The summed E-state index contributed by atoms with van der Waals surface area (Å²) in [6, 6.07) is 7.96. The van der Waals surface area contributed by atoms with Crippen LogP contribution in [0, 0.1) is 0 Å². The van der Waals surface area contributed by atoms with Crippen LogP contribution >= 0.6 is 0 Å². The average molecular weight is 400 g/mol. The van der Waals surface area contributed by atoms with Gasteiger partial charge in [-0.25, -0.2) is 0 Å². The molecule has 1 aromatic carbocycles. The standard InChI is InChI=1S/C18H24O8S/c1-17(2)23-13-12(10-21-27(19,20)11-8-6-5-7-9-11)22-16-15(14(13)24-17)25-18(3,4)26-16/h5-9,12-16H,10H2,1-4H3/t12-,13+,14+,15-,16-/m0/s1. The van der Waals surface area contributed by atoms with E-state index in [1.54, 1.807) is 45.9 Å². The highest BCUT2D eigenvalue weighted by Gasteiger charge is 2.60. The zero-order valence-electron chi connectivity index (χ0n) is 15.7. The molecular weight excluding hydrogens is 376 g/mol. The van der Waals surface area contributed by atoms with E-state index < -0.39 is 52.4 Å². The summed E-state index contributed by atoms with van der Waals surface area (Å²) in [5, 5.41) is 0. The predicted molar refractivity (Wildman–Crippen MR) is 92.1 cm³/mol. The average Bonchev–Trinajstić information content (AvgIpc) is 3.07. The first-order valence-electron chi connectivity index (χ1n) is 8.88. The molecule has 0 N–H and O–H groups in total. The minimum atomic E-state index is -3.91. The van der Waals surface area contributed by atoms with Crippen LogP contribution in [0.3, 0.4) is 0 Å². The maximum atomic E-state index is 12.4. The van der Waals surface area contributed by atoms with Crippen molar-refractivity contribution in [2.75, 3.05) is 6.61 Å². The summed E-state index contributed by atoms with van der Waals surface area (Å²) in [6.45, 7) is 6.94. The van der Waals surface area contributed by atoms with Gasteiger partial charge in [0.2, 0.25) is 0 Å². The Balaban J connectivity index is 1.52. The zero-order valence-corrected chi connectivity index (χ0v) is 16.5. The molecule has 0 unspecified atom stereocenters. The van der Waals surface area contributed by atoms with Crippen molar-refractivity contribution in [2.24, 2.45) is 0 Å². The van der Waals surface area contributed by atoms with Crippen molar-refractivity contribution in [2.45, 2.75) is 74.9 Å². The fourth-order valence-electron chi connectivity index (χ4n) is 3.64. The van der Waals surface area contributed by atoms with Gasteiger partial charge in [0.1, 0.15) is 24.4 Å². The van der Waals surface area contributed by atoms with Crippen LogP contribution in [-0.2, 0) is 38.0 Å². The topological polar surface area (TPSA) is 89.5 Å². The van der Waals surface area contributed by atoms with Gasteiger partial charge < -0.3 is 23.7 Å². The van der Waals surface area contributed by atoms with Crippen molar-refractivity contribution in [1.82, 2.24) is 0 Å². The van der Waals surface area contributed by atoms with Crippen molar-refractivity contribution in [3.63, 3.8) is 0 Å². The van der Waals surface area contributed by atoms with Gasteiger partial charge in [-0.2, -0.15) is 8.42 Å². The van der Waals surface area contributed by atoms with Crippen molar-refractivity contribution in [1.29, 1.82) is 0 Å². The fraction of sp³-hybridized carbons (Fsp3) is 0.667. The summed E-state index contributed by atoms with van der Waals surface area (Å²) in [5.41, 5.74) is 0. The Labute approximate surface area is 158 Å². The molecule has 0 aromatic heterocycles. The van der Waals surface area contributed by atoms with Crippen LogP contribution in [0.4, 0.5) is 0 Å². The summed E-state index contributed by atoms with van der Waals surface area (Å²) in [4.78, 5) is 0.0840. The van der Waals surface area contributed by atoms with Gasteiger partial charge in [0.15, 0.2) is 17.9 Å². The molecule has 3 aliphatic rings. The second-order valence-corrected chi connectivity index (χ2v) is 9.37. The lowest BCUT2D eigenvalue weighted by molar-refractivity contribution is -0.238. The molecule has 0 radical (unpaired) electrons. The minimum Gasteiger partial charge on any atom is -0.342 e. The molecule has 8 nitrogen and oxygen atoms in total. The third-order valence-corrected chi connectivity index (χ3v) is 5.97. The molecule has 0 amide bonds. The molecule has 3 heterocycles. The highest BCUT2D eigenvalue weighted by Crippen LogP contribution is 2.44. The number of rotatable bonds is 4. The summed E-state index contributed by atoms with van der Waals surface area (Å²) < 4.78 is 59.7. The Morgan fingerprint density at radius 1 is 0.889 bits per heavy atom. The maximum Gasteiger partial charge on any atom is 0.297 e. The zero-order chi connectivity index (χ0) is 19.4. The number of benzene rings is 1. The molecule has 0 saturated carbocycles. The molecule has 3 fully saturated rings. The molecule has 0 bridgehead atoms. The van der Waals surface area contributed by atoms with Crippen LogP contribution in [-0.4, -0.2) is 57.3 Å². The molecule has 5 atom stereocenters. The van der Waals surface area contributed by atoms with E-state index in [1.807, 2.05) is 0 Å². The maximum absolute atomic E-state index is 12.4. The smallest absolute Gasteiger partial charge is 0.297 e. The fourth-order valence-corrected chi connectivity index (χ4v) is 4.58. The van der Waals surface area contributed by atoms with Crippen LogP contribution in [0.15, 0.2) is 35.2 Å². The summed E-state index contributed by atoms with van der Waals surface area (Å²) >= 11 is 0. The second-order valence-electron chi connectivity index (χ2n) is 7.76. The van der Waals surface area contributed by atoms with Crippen LogP contribution in [0.1, 0.15) is 27.7 Å². The first kappa shape index (κ1) is 19.3. The number of hydrogen-bond acceptors (Lipinski definition) is 8. The van der Waals surface area contributed by atoms with E-state index in [2.05, 4.69) is 0 Å². The second kappa shape index (κ2) is 6.48. The van der Waals surface area contributed by atoms with Crippen molar-refractivity contribution in [3.8, 4) is 0 Å². The molecule has 150 valence electrons. The molecular formula is C18H24O8S. The Morgan fingerprint density at radius 3 is 2.19 bits per heavy atom. The molecule has 0 spiro atoms. The summed E-state index contributed by atoms with van der Waals surface area (Å²) in [7, 11) is -3.91. The lowest BCUT2D eigenvalue weighted by atomic mass is 9.99. The first-order chi connectivity index (χ1) is 12.6. The number of hydrogen-bond donors (Lipinski definition) is 0. The normalized spacial score (nSPS) is 37.0. The highest BCUT2D eigenvalue weighted by atomic mass is 32.2. The Morgan fingerprint density at radius 2 is 1.48 bits per heavy atom. The monoisotopic (exact) mass is 400 g/mol. The summed E-state index contributed by atoms with van der Waals surface area (Å²) in [5.74, 6) is -1.68. The first-order valence-corrected chi connectivity index (χ1v) is 10.3. The lowest BCUT2D eigenvalue weighted by Crippen LogP contribution is -2.56. The Kier molecular flexibility index (Phi) is 4.62. The third-order valence-electron chi connectivity index (χ3n) is 4.67. The quantitative estimate of drug-likeness (QED) is 0.707. The van der Waals surface area contributed by atoms with Crippen LogP contribution in [0.5, 0.6) is 0 Å². The van der Waals surface area contributed by atoms with Gasteiger partial charge in [-0.15, -0.1) is 0 Å². The van der Waals surface area contributed by atoms with Gasteiger partial charge in [0, 0.05) is 0 Å². The van der Waals surface area contributed by atoms with E-state index >= 15 is 0 Å². The molecule has 0 aliphatic carbocycles. The summed E-state index contributed by atoms with van der Waals surface area (Å²) in [6.07, 6.45) is -2.83. The molecule has 4 rings (SSSR count). The van der Waals surface area contributed by atoms with Gasteiger partial charge in [0.05, 0.1) is 11.5 Å². The van der Waals surface area contributed by atoms with E-state index in [4.69, 9.17) is 27.9 Å². The van der Waals surface area contributed by atoms with Gasteiger partial charge in [0.25, 0.3) is 10.1 Å². The van der Waals surface area contributed by atoms with Crippen molar-refractivity contribution >= 4 is 10.1 Å².